The molecule has 112 valence electrons. The Labute approximate surface area is 127 Å². The summed E-state index contributed by atoms with van der Waals surface area (Å²) in [5, 5.41) is 8.63. The Morgan fingerprint density at radius 3 is 2.10 bits per heavy atom. The highest BCUT2D eigenvalue weighted by atomic mass is 32.1. The van der Waals surface area contributed by atoms with Crippen molar-refractivity contribution in [2.24, 2.45) is 5.73 Å². The maximum absolute atomic E-state index is 5.92. The van der Waals surface area contributed by atoms with E-state index in [0.29, 0.717) is 4.99 Å². The van der Waals surface area contributed by atoms with Crippen molar-refractivity contribution in [3.8, 4) is 0 Å². The van der Waals surface area contributed by atoms with E-state index in [1.165, 1.54) is 0 Å². The molecule has 0 amide bonds. The summed E-state index contributed by atoms with van der Waals surface area (Å²) in [5.74, 6) is 0.850. The Balaban J connectivity index is 3.17. The standard InChI is InChI=1S/C15H26N4S/c1-5-7-9-19(10-8-6-2)15-13(14(16)20)11(3)12(4)17-18-15/h5-10H2,1-4H3,(H2,16,20). The zero-order chi connectivity index (χ0) is 15.1. The number of nitrogens with zero attached hydrogens (tertiary/aromatic N) is 3. The van der Waals surface area contributed by atoms with Gasteiger partial charge in [0, 0.05) is 13.1 Å². The lowest BCUT2D eigenvalue weighted by Crippen LogP contribution is -2.30. The predicted molar refractivity (Wildman–Crippen MR) is 89.4 cm³/mol. The van der Waals surface area contributed by atoms with E-state index < -0.39 is 0 Å². The minimum atomic E-state index is 0.411. The van der Waals surface area contributed by atoms with Crippen LogP contribution >= 0.6 is 12.2 Å². The van der Waals surface area contributed by atoms with Gasteiger partial charge in [0.15, 0.2) is 5.82 Å². The van der Waals surface area contributed by atoms with Crippen LogP contribution in [0.3, 0.4) is 0 Å². The second kappa shape index (κ2) is 8.15. The van der Waals surface area contributed by atoms with E-state index in [9.17, 15) is 0 Å². The number of nitrogens with two attached hydrogens (primary N) is 1. The number of hydrogen-bond donors (Lipinski definition) is 1. The fourth-order valence-corrected chi connectivity index (χ4v) is 2.38. The summed E-state index contributed by atoms with van der Waals surface area (Å²) < 4.78 is 0. The van der Waals surface area contributed by atoms with Gasteiger partial charge in [-0.2, -0.15) is 5.10 Å². The maximum Gasteiger partial charge on any atom is 0.161 e. The van der Waals surface area contributed by atoms with Gasteiger partial charge in [-0.3, -0.25) is 0 Å². The smallest absolute Gasteiger partial charge is 0.161 e. The van der Waals surface area contributed by atoms with Gasteiger partial charge >= 0.3 is 0 Å². The van der Waals surface area contributed by atoms with Gasteiger partial charge in [0.05, 0.1) is 11.3 Å². The van der Waals surface area contributed by atoms with Crippen LogP contribution in [0, 0.1) is 13.8 Å². The van der Waals surface area contributed by atoms with Crippen LogP contribution in [0.4, 0.5) is 5.82 Å². The lowest BCUT2D eigenvalue weighted by molar-refractivity contribution is 0.665. The third kappa shape index (κ3) is 4.13. The number of anilines is 1. The first-order valence-corrected chi connectivity index (χ1v) is 7.82. The number of aromatic nitrogens is 2. The largest absolute Gasteiger partial charge is 0.389 e. The minimum absolute atomic E-state index is 0.411. The first-order chi connectivity index (χ1) is 9.52. The monoisotopic (exact) mass is 294 g/mol. The molecule has 0 unspecified atom stereocenters. The maximum atomic E-state index is 5.92. The van der Waals surface area contributed by atoms with Crippen molar-refractivity contribution in [1.29, 1.82) is 0 Å². The summed E-state index contributed by atoms with van der Waals surface area (Å²) in [5.41, 5.74) is 8.74. The van der Waals surface area contributed by atoms with Crippen LogP contribution in [0.2, 0.25) is 0 Å². The molecule has 1 aromatic heterocycles. The quantitative estimate of drug-likeness (QED) is 0.747. The van der Waals surface area contributed by atoms with Crippen molar-refractivity contribution in [3.05, 3.63) is 16.8 Å². The van der Waals surface area contributed by atoms with Gasteiger partial charge in [-0.1, -0.05) is 38.9 Å². The summed E-state index contributed by atoms with van der Waals surface area (Å²) in [6, 6.07) is 0. The SMILES string of the molecule is CCCCN(CCCC)c1nnc(C)c(C)c1C(N)=S. The summed E-state index contributed by atoms with van der Waals surface area (Å²) >= 11 is 5.22. The van der Waals surface area contributed by atoms with Crippen molar-refractivity contribution in [2.75, 3.05) is 18.0 Å². The van der Waals surface area contributed by atoms with Crippen molar-refractivity contribution >= 4 is 23.0 Å². The fraction of sp³-hybridized carbons (Fsp3) is 0.667. The Kier molecular flexibility index (Phi) is 6.85. The number of unbranched alkanes of at least 4 members (excludes halogenated alkanes) is 2. The normalized spacial score (nSPS) is 10.6. The van der Waals surface area contributed by atoms with E-state index >= 15 is 0 Å². The number of thiocarbonyl (C=S) groups is 1. The zero-order valence-electron chi connectivity index (χ0n) is 13.1. The summed E-state index contributed by atoms with van der Waals surface area (Å²) in [6.45, 7) is 10.3. The average Bonchev–Trinajstić information content (AvgIpc) is 2.42. The average molecular weight is 294 g/mol. The molecule has 0 aliphatic carbocycles. The van der Waals surface area contributed by atoms with E-state index in [1.807, 2.05) is 13.8 Å². The molecule has 0 saturated heterocycles. The molecule has 20 heavy (non-hydrogen) atoms. The van der Waals surface area contributed by atoms with Gasteiger partial charge in [0.1, 0.15) is 4.99 Å². The molecule has 1 aromatic rings. The molecule has 1 heterocycles. The summed E-state index contributed by atoms with van der Waals surface area (Å²) in [7, 11) is 0. The number of aryl methyl sites for hydroxylation is 1. The highest BCUT2D eigenvalue weighted by molar-refractivity contribution is 7.80. The Bertz CT molecular complexity index is 451. The van der Waals surface area contributed by atoms with Crippen molar-refractivity contribution < 1.29 is 0 Å². The van der Waals surface area contributed by atoms with E-state index in [4.69, 9.17) is 18.0 Å². The van der Waals surface area contributed by atoms with Gasteiger partial charge in [-0.15, -0.1) is 5.10 Å². The van der Waals surface area contributed by atoms with Gasteiger partial charge in [-0.05, 0) is 32.3 Å². The molecule has 0 aromatic carbocycles. The molecule has 0 spiro atoms. The van der Waals surface area contributed by atoms with Crippen molar-refractivity contribution in [1.82, 2.24) is 10.2 Å². The Hall–Kier alpha value is -1.23. The van der Waals surface area contributed by atoms with E-state index in [0.717, 1.165) is 61.4 Å². The number of rotatable bonds is 8. The third-order valence-corrected chi connectivity index (χ3v) is 3.75. The highest BCUT2D eigenvalue weighted by Gasteiger charge is 2.18. The molecule has 0 fully saturated rings. The topological polar surface area (TPSA) is 55.0 Å². The van der Waals surface area contributed by atoms with Crippen LogP contribution in [0.15, 0.2) is 0 Å². The molecule has 0 saturated carbocycles. The van der Waals surface area contributed by atoms with Crippen LogP contribution in [-0.2, 0) is 0 Å². The molecule has 4 nitrogen and oxygen atoms in total. The first-order valence-electron chi connectivity index (χ1n) is 7.41. The molecule has 2 N–H and O–H groups in total. The molecular weight excluding hydrogens is 268 g/mol. The number of hydrogen-bond acceptors (Lipinski definition) is 4. The Morgan fingerprint density at radius 1 is 1.10 bits per heavy atom. The van der Waals surface area contributed by atoms with Crippen molar-refractivity contribution in [3.63, 3.8) is 0 Å². The van der Waals surface area contributed by atoms with Crippen LogP contribution < -0.4 is 10.6 Å². The van der Waals surface area contributed by atoms with Gasteiger partial charge in [0.2, 0.25) is 0 Å². The molecule has 0 radical (unpaired) electrons. The van der Waals surface area contributed by atoms with Crippen LogP contribution in [0.25, 0.3) is 0 Å². The summed E-state index contributed by atoms with van der Waals surface area (Å²) in [6.07, 6.45) is 4.58. The predicted octanol–water partition coefficient (Wildman–Crippen LogP) is 3.13. The van der Waals surface area contributed by atoms with E-state index in [2.05, 4.69) is 28.9 Å². The van der Waals surface area contributed by atoms with Crippen molar-refractivity contribution in [2.45, 2.75) is 53.4 Å². The van der Waals surface area contributed by atoms with Crippen LogP contribution in [0.1, 0.15) is 56.4 Å². The molecule has 0 bridgehead atoms. The molecule has 0 aliphatic rings. The summed E-state index contributed by atoms with van der Waals surface area (Å²) in [4.78, 5) is 2.69. The van der Waals surface area contributed by atoms with E-state index in [-0.39, 0.29) is 0 Å². The van der Waals surface area contributed by atoms with Gasteiger partial charge in [0.25, 0.3) is 0 Å². The van der Waals surface area contributed by atoms with Crippen LogP contribution in [-0.4, -0.2) is 28.3 Å². The molecule has 0 atom stereocenters. The molecular formula is C15H26N4S. The second-order valence-electron chi connectivity index (χ2n) is 5.17. The highest BCUT2D eigenvalue weighted by Crippen LogP contribution is 2.23. The minimum Gasteiger partial charge on any atom is -0.389 e. The molecule has 1 rings (SSSR count). The molecule has 5 heteroatoms. The fourth-order valence-electron chi connectivity index (χ4n) is 2.13. The lowest BCUT2D eigenvalue weighted by atomic mass is 10.1. The van der Waals surface area contributed by atoms with Gasteiger partial charge < -0.3 is 10.6 Å². The first kappa shape index (κ1) is 16.8. The second-order valence-corrected chi connectivity index (χ2v) is 5.61. The third-order valence-electron chi connectivity index (χ3n) is 3.55. The zero-order valence-corrected chi connectivity index (χ0v) is 13.9. The Morgan fingerprint density at radius 2 is 1.65 bits per heavy atom. The van der Waals surface area contributed by atoms with Gasteiger partial charge in [-0.25, -0.2) is 0 Å². The van der Waals surface area contributed by atoms with E-state index in [1.54, 1.807) is 0 Å². The molecule has 0 aliphatic heterocycles. The van der Waals surface area contributed by atoms with Crippen LogP contribution in [0.5, 0.6) is 0 Å². The lowest BCUT2D eigenvalue weighted by Gasteiger charge is -2.26.